The molecule has 3 nitrogen and oxygen atoms in total. The number of carbonyl (C=O) groups is 1. The van der Waals surface area contributed by atoms with E-state index in [1.807, 2.05) is 36.0 Å². The molecule has 1 unspecified atom stereocenters. The third-order valence-corrected chi connectivity index (χ3v) is 1.38. The summed E-state index contributed by atoms with van der Waals surface area (Å²) in [6.45, 7) is 1.91. The Kier molecular flexibility index (Phi) is 2.10. The molecule has 0 aliphatic heterocycles. The smallest absolute Gasteiger partial charge is 0.208 e. The van der Waals surface area contributed by atoms with Crippen molar-refractivity contribution in [3.8, 4) is 0 Å². The third-order valence-electron chi connectivity index (χ3n) is 1.38. The Morgan fingerprint density at radius 1 is 1.50 bits per heavy atom. The monoisotopic (exact) mass is 138 g/mol. The summed E-state index contributed by atoms with van der Waals surface area (Å²) in [4.78, 5) is 9.99. The van der Waals surface area contributed by atoms with E-state index in [0.29, 0.717) is 6.41 Å². The minimum Gasteiger partial charge on any atom is -0.338 e. The molecule has 1 amide bonds. The van der Waals surface area contributed by atoms with Crippen LogP contribution in [0.1, 0.15) is 13.1 Å². The van der Waals surface area contributed by atoms with Crippen molar-refractivity contribution in [2.45, 2.75) is 13.1 Å². The van der Waals surface area contributed by atoms with Crippen LogP contribution in [0.2, 0.25) is 0 Å². The van der Waals surface area contributed by atoms with Crippen LogP contribution in [0.15, 0.2) is 24.5 Å². The first-order chi connectivity index (χ1) is 4.84. The Balaban J connectivity index is 2.58. The first-order valence-electron chi connectivity index (χ1n) is 3.16. The Hall–Kier alpha value is -1.25. The van der Waals surface area contributed by atoms with E-state index in [1.165, 1.54) is 0 Å². The molecule has 1 heterocycles. The van der Waals surface area contributed by atoms with E-state index in [9.17, 15) is 4.79 Å². The van der Waals surface area contributed by atoms with Gasteiger partial charge in [0.25, 0.3) is 0 Å². The van der Waals surface area contributed by atoms with Gasteiger partial charge in [0.15, 0.2) is 0 Å². The zero-order valence-corrected chi connectivity index (χ0v) is 5.82. The van der Waals surface area contributed by atoms with Gasteiger partial charge in [-0.25, -0.2) is 0 Å². The summed E-state index contributed by atoms with van der Waals surface area (Å²) in [6, 6.07) is 3.84. The minimum absolute atomic E-state index is 0.0486. The van der Waals surface area contributed by atoms with Crippen molar-refractivity contribution in [3.05, 3.63) is 24.5 Å². The van der Waals surface area contributed by atoms with Gasteiger partial charge in [-0.15, -0.1) is 0 Å². The molecule has 1 aromatic rings. The van der Waals surface area contributed by atoms with Gasteiger partial charge in [-0.2, -0.15) is 0 Å². The molecule has 0 bridgehead atoms. The summed E-state index contributed by atoms with van der Waals surface area (Å²) in [5.41, 5.74) is 0. The van der Waals surface area contributed by atoms with Crippen LogP contribution in [0.4, 0.5) is 0 Å². The molecule has 10 heavy (non-hydrogen) atoms. The zero-order valence-electron chi connectivity index (χ0n) is 5.82. The average molecular weight is 138 g/mol. The van der Waals surface area contributed by atoms with Crippen LogP contribution in [0, 0.1) is 0 Å². The molecule has 1 aromatic heterocycles. The van der Waals surface area contributed by atoms with Gasteiger partial charge < -0.3 is 9.88 Å². The predicted molar refractivity (Wildman–Crippen MR) is 38.3 cm³/mol. The molecule has 0 saturated heterocycles. The number of nitrogens with one attached hydrogen (secondary N) is 1. The van der Waals surface area contributed by atoms with Gasteiger partial charge in [-0.05, 0) is 19.1 Å². The average Bonchev–Trinajstić information content (AvgIpc) is 2.38. The molecule has 54 valence electrons. The number of hydrogen-bond acceptors (Lipinski definition) is 1. The predicted octanol–water partition coefficient (Wildman–Crippen LogP) is 0.753. The van der Waals surface area contributed by atoms with Gasteiger partial charge >= 0.3 is 0 Å². The van der Waals surface area contributed by atoms with Crippen LogP contribution in [0.25, 0.3) is 0 Å². The molecule has 0 radical (unpaired) electrons. The molecule has 0 spiro atoms. The fourth-order valence-electron chi connectivity index (χ4n) is 0.791. The molecule has 0 saturated carbocycles. The number of carbonyl (C=O) groups excluding carboxylic acids is 1. The van der Waals surface area contributed by atoms with Crippen LogP contribution in [0.3, 0.4) is 0 Å². The lowest BCUT2D eigenvalue weighted by molar-refractivity contribution is -0.110. The molecule has 0 fully saturated rings. The van der Waals surface area contributed by atoms with E-state index < -0.39 is 0 Å². The van der Waals surface area contributed by atoms with Crippen LogP contribution >= 0.6 is 0 Å². The van der Waals surface area contributed by atoms with Crippen LogP contribution in [0.5, 0.6) is 0 Å². The van der Waals surface area contributed by atoms with E-state index in [1.54, 1.807) is 0 Å². The van der Waals surface area contributed by atoms with Gasteiger partial charge in [0.2, 0.25) is 6.41 Å². The number of hydrogen-bond donors (Lipinski definition) is 1. The number of rotatable bonds is 3. The highest BCUT2D eigenvalue weighted by Crippen LogP contribution is 1.99. The molecule has 1 rings (SSSR count). The van der Waals surface area contributed by atoms with Gasteiger partial charge in [-0.3, -0.25) is 4.79 Å². The second-order valence-corrected chi connectivity index (χ2v) is 2.09. The van der Waals surface area contributed by atoms with E-state index in [4.69, 9.17) is 0 Å². The van der Waals surface area contributed by atoms with Gasteiger partial charge in [0, 0.05) is 12.4 Å². The maximum absolute atomic E-state index is 9.99. The highest BCUT2D eigenvalue weighted by molar-refractivity contribution is 5.46. The van der Waals surface area contributed by atoms with E-state index in [0.717, 1.165) is 0 Å². The van der Waals surface area contributed by atoms with Crippen molar-refractivity contribution < 1.29 is 4.79 Å². The lowest BCUT2D eigenvalue weighted by Gasteiger charge is -2.10. The standard InChI is InChI=1S/C7H10N2O/c1-7(8-6-10)9-4-2-3-5-9/h2-7H,1H3,(H,8,10). The molecule has 3 heteroatoms. The summed E-state index contributed by atoms with van der Waals surface area (Å²) < 4.78 is 1.91. The number of nitrogens with zero attached hydrogens (tertiary/aromatic N) is 1. The zero-order chi connectivity index (χ0) is 7.40. The summed E-state index contributed by atoms with van der Waals surface area (Å²) in [5, 5.41) is 2.63. The quantitative estimate of drug-likeness (QED) is 0.614. The van der Waals surface area contributed by atoms with Gasteiger partial charge in [-0.1, -0.05) is 0 Å². The summed E-state index contributed by atoms with van der Waals surface area (Å²) in [5.74, 6) is 0. The van der Waals surface area contributed by atoms with Crippen LogP contribution < -0.4 is 5.32 Å². The first-order valence-corrected chi connectivity index (χ1v) is 3.16. The minimum atomic E-state index is 0.0486. The topological polar surface area (TPSA) is 34.0 Å². The summed E-state index contributed by atoms with van der Waals surface area (Å²) in [6.07, 6.45) is 4.56. The van der Waals surface area contributed by atoms with E-state index in [2.05, 4.69) is 5.32 Å². The molecule has 0 aliphatic rings. The van der Waals surface area contributed by atoms with Gasteiger partial charge in [0.05, 0.1) is 0 Å². The van der Waals surface area contributed by atoms with Crippen molar-refractivity contribution >= 4 is 6.41 Å². The van der Waals surface area contributed by atoms with Crippen LogP contribution in [-0.2, 0) is 4.79 Å². The van der Waals surface area contributed by atoms with Crippen molar-refractivity contribution in [2.24, 2.45) is 0 Å². The Bertz CT molecular complexity index is 193. The van der Waals surface area contributed by atoms with E-state index in [-0.39, 0.29) is 6.17 Å². The highest BCUT2D eigenvalue weighted by Gasteiger charge is 1.97. The Morgan fingerprint density at radius 3 is 2.60 bits per heavy atom. The molecular formula is C7H10N2O. The fraction of sp³-hybridized carbons (Fsp3) is 0.286. The SMILES string of the molecule is CC(NC=O)n1cccc1. The fourth-order valence-corrected chi connectivity index (χ4v) is 0.791. The van der Waals surface area contributed by atoms with Crippen molar-refractivity contribution in [3.63, 3.8) is 0 Å². The second-order valence-electron chi connectivity index (χ2n) is 2.09. The largest absolute Gasteiger partial charge is 0.338 e. The lowest BCUT2D eigenvalue weighted by Crippen LogP contribution is -2.20. The van der Waals surface area contributed by atoms with Gasteiger partial charge in [0.1, 0.15) is 6.17 Å². The third kappa shape index (κ3) is 1.37. The van der Waals surface area contributed by atoms with Crippen molar-refractivity contribution in [1.82, 2.24) is 9.88 Å². The molecule has 0 aliphatic carbocycles. The maximum atomic E-state index is 9.99. The Labute approximate surface area is 59.7 Å². The Morgan fingerprint density at radius 2 is 2.10 bits per heavy atom. The summed E-state index contributed by atoms with van der Waals surface area (Å²) >= 11 is 0. The molecule has 1 N–H and O–H groups in total. The molecule has 1 atom stereocenters. The molecular weight excluding hydrogens is 128 g/mol. The second kappa shape index (κ2) is 3.06. The summed E-state index contributed by atoms with van der Waals surface area (Å²) in [7, 11) is 0. The number of aromatic nitrogens is 1. The van der Waals surface area contributed by atoms with E-state index >= 15 is 0 Å². The van der Waals surface area contributed by atoms with Crippen LogP contribution in [-0.4, -0.2) is 11.0 Å². The number of amides is 1. The normalized spacial score (nSPS) is 12.5. The van der Waals surface area contributed by atoms with Crippen molar-refractivity contribution in [1.29, 1.82) is 0 Å². The lowest BCUT2D eigenvalue weighted by atomic mass is 10.5. The highest BCUT2D eigenvalue weighted by atomic mass is 16.1. The molecule has 0 aromatic carbocycles. The maximum Gasteiger partial charge on any atom is 0.208 e. The first kappa shape index (κ1) is 6.86. The van der Waals surface area contributed by atoms with Crippen molar-refractivity contribution in [2.75, 3.05) is 0 Å².